The Balaban J connectivity index is 2.19. The first kappa shape index (κ1) is 16.5. The van der Waals surface area contributed by atoms with E-state index in [0.717, 1.165) is 12.8 Å². The molecule has 0 aromatic heterocycles. The SMILES string of the molecule is CCOC(=O)c1ccc(S(=O)(=O)N[C@@](C)(C#N)C2CC2)cc1. The molecule has 0 saturated heterocycles. The maximum Gasteiger partial charge on any atom is 0.338 e. The van der Waals surface area contributed by atoms with Crippen LogP contribution in [0.15, 0.2) is 29.2 Å². The van der Waals surface area contributed by atoms with Gasteiger partial charge in [-0.25, -0.2) is 13.2 Å². The summed E-state index contributed by atoms with van der Waals surface area (Å²) >= 11 is 0. The molecule has 2 rings (SSSR count). The minimum atomic E-state index is -3.81. The van der Waals surface area contributed by atoms with Crippen LogP contribution in [0.4, 0.5) is 0 Å². The Hall–Kier alpha value is -1.91. The van der Waals surface area contributed by atoms with E-state index in [1.807, 2.05) is 6.07 Å². The molecule has 7 heteroatoms. The number of hydrogen-bond donors (Lipinski definition) is 1. The lowest BCUT2D eigenvalue weighted by Crippen LogP contribution is -2.46. The highest BCUT2D eigenvalue weighted by Crippen LogP contribution is 2.39. The summed E-state index contributed by atoms with van der Waals surface area (Å²) < 4.78 is 32.0. The van der Waals surface area contributed by atoms with Crippen molar-refractivity contribution in [2.24, 2.45) is 5.92 Å². The Kier molecular flexibility index (Phi) is 4.54. The number of sulfonamides is 1. The third-order valence-corrected chi connectivity index (χ3v) is 5.23. The number of esters is 1. The molecule has 0 amide bonds. The Morgan fingerprint density at radius 3 is 2.45 bits per heavy atom. The molecule has 1 fully saturated rings. The van der Waals surface area contributed by atoms with Crippen molar-refractivity contribution in [1.29, 1.82) is 5.26 Å². The Bertz CT molecular complexity index is 702. The second kappa shape index (κ2) is 6.07. The van der Waals surface area contributed by atoms with E-state index < -0.39 is 21.5 Å². The lowest BCUT2D eigenvalue weighted by Gasteiger charge is -2.22. The Morgan fingerprint density at radius 1 is 1.41 bits per heavy atom. The van der Waals surface area contributed by atoms with Gasteiger partial charge in [-0.2, -0.15) is 9.98 Å². The Morgan fingerprint density at radius 2 is 2.00 bits per heavy atom. The van der Waals surface area contributed by atoms with Gasteiger partial charge in [-0.3, -0.25) is 0 Å². The normalized spacial score (nSPS) is 17.3. The zero-order valence-electron chi connectivity index (χ0n) is 12.5. The maximum absolute atomic E-state index is 12.4. The number of hydrogen-bond acceptors (Lipinski definition) is 5. The molecule has 0 bridgehead atoms. The third kappa shape index (κ3) is 3.46. The fourth-order valence-corrected chi connectivity index (χ4v) is 3.56. The summed E-state index contributed by atoms with van der Waals surface area (Å²) in [5, 5.41) is 9.24. The van der Waals surface area contributed by atoms with Crippen LogP contribution in [-0.2, 0) is 14.8 Å². The van der Waals surface area contributed by atoms with Crippen LogP contribution in [-0.4, -0.2) is 26.5 Å². The van der Waals surface area contributed by atoms with Crippen molar-refractivity contribution < 1.29 is 17.9 Å². The average Bonchev–Trinajstić information content (AvgIpc) is 3.32. The fraction of sp³-hybridized carbons (Fsp3) is 0.467. The van der Waals surface area contributed by atoms with Crippen molar-refractivity contribution >= 4 is 16.0 Å². The van der Waals surface area contributed by atoms with E-state index >= 15 is 0 Å². The van der Waals surface area contributed by atoms with E-state index in [1.165, 1.54) is 24.3 Å². The van der Waals surface area contributed by atoms with Gasteiger partial charge in [0.15, 0.2) is 0 Å². The van der Waals surface area contributed by atoms with Crippen LogP contribution < -0.4 is 4.72 Å². The summed E-state index contributed by atoms with van der Waals surface area (Å²) in [4.78, 5) is 11.6. The standard InChI is InChI=1S/C15H18N2O4S/c1-3-21-14(18)11-4-8-13(9-5-11)22(19,20)17-15(2,10-16)12-6-7-12/h4-5,8-9,12,17H,3,6-7H2,1-2H3/t15-/m0/s1. The highest BCUT2D eigenvalue weighted by Gasteiger charge is 2.44. The number of benzene rings is 1. The quantitative estimate of drug-likeness (QED) is 0.806. The van der Waals surface area contributed by atoms with Crippen LogP contribution in [0.5, 0.6) is 0 Å². The minimum absolute atomic E-state index is 0.0164. The molecular weight excluding hydrogens is 304 g/mol. The molecule has 0 aliphatic heterocycles. The van der Waals surface area contributed by atoms with E-state index in [9.17, 15) is 18.5 Å². The fourth-order valence-electron chi connectivity index (χ4n) is 2.18. The van der Waals surface area contributed by atoms with Crippen molar-refractivity contribution in [3.8, 4) is 6.07 Å². The first-order chi connectivity index (χ1) is 10.3. The van der Waals surface area contributed by atoms with Gasteiger partial charge in [0.2, 0.25) is 10.0 Å². The molecule has 0 radical (unpaired) electrons. The molecule has 1 aliphatic carbocycles. The number of ether oxygens (including phenoxy) is 1. The zero-order chi connectivity index (χ0) is 16.4. The first-order valence-corrected chi connectivity index (χ1v) is 8.53. The summed E-state index contributed by atoms with van der Waals surface area (Å²) in [5.41, 5.74) is -0.815. The van der Waals surface area contributed by atoms with Crippen LogP contribution >= 0.6 is 0 Å². The molecular formula is C15H18N2O4S. The topological polar surface area (TPSA) is 96.3 Å². The summed E-state index contributed by atoms with van der Waals surface area (Å²) in [6.45, 7) is 3.54. The van der Waals surface area contributed by atoms with Crippen LogP contribution in [0.1, 0.15) is 37.0 Å². The van der Waals surface area contributed by atoms with Crippen molar-refractivity contribution in [2.45, 2.75) is 37.1 Å². The van der Waals surface area contributed by atoms with E-state index in [-0.39, 0.29) is 23.0 Å². The van der Waals surface area contributed by atoms with Gasteiger partial charge < -0.3 is 4.74 Å². The molecule has 1 atom stereocenters. The highest BCUT2D eigenvalue weighted by molar-refractivity contribution is 7.89. The molecule has 6 nitrogen and oxygen atoms in total. The summed E-state index contributed by atoms with van der Waals surface area (Å²) in [7, 11) is -3.81. The Labute approximate surface area is 130 Å². The predicted molar refractivity (Wildman–Crippen MR) is 79.5 cm³/mol. The van der Waals surface area contributed by atoms with Crippen LogP contribution in [0.25, 0.3) is 0 Å². The molecule has 22 heavy (non-hydrogen) atoms. The van der Waals surface area contributed by atoms with Crippen LogP contribution in [0, 0.1) is 17.2 Å². The molecule has 1 aromatic rings. The summed E-state index contributed by atoms with van der Waals surface area (Å²) in [5.74, 6) is -0.453. The number of rotatable bonds is 6. The maximum atomic E-state index is 12.4. The van der Waals surface area contributed by atoms with Crippen molar-refractivity contribution in [3.05, 3.63) is 29.8 Å². The second-order valence-electron chi connectivity index (χ2n) is 5.44. The van der Waals surface area contributed by atoms with E-state index in [2.05, 4.69) is 4.72 Å². The molecule has 1 N–H and O–H groups in total. The van der Waals surface area contributed by atoms with Gasteiger partial charge in [0.05, 0.1) is 23.1 Å². The predicted octanol–water partition coefficient (Wildman–Crippen LogP) is 1.83. The van der Waals surface area contributed by atoms with Crippen molar-refractivity contribution in [2.75, 3.05) is 6.61 Å². The van der Waals surface area contributed by atoms with Crippen LogP contribution in [0.2, 0.25) is 0 Å². The van der Waals surface area contributed by atoms with Crippen molar-refractivity contribution in [1.82, 2.24) is 4.72 Å². The largest absolute Gasteiger partial charge is 0.462 e. The zero-order valence-corrected chi connectivity index (χ0v) is 13.3. The average molecular weight is 322 g/mol. The number of carbonyl (C=O) groups is 1. The van der Waals surface area contributed by atoms with Gasteiger partial charge in [0, 0.05) is 0 Å². The van der Waals surface area contributed by atoms with Gasteiger partial charge in [0.1, 0.15) is 5.54 Å². The molecule has 1 aromatic carbocycles. The molecule has 0 unspecified atom stereocenters. The van der Waals surface area contributed by atoms with Gasteiger partial charge in [0.25, 0.3) is 0 Å². The smallest absolute Gasteiger partial charge is 0.338 e. The number of nitrogens with one attached hydrogen (secondary N) is 1. The number of nitriles is 1. The van der Waals surface area contributed by atoms with Gasteiger partial charge in [-0.05, 0) is 56.9 Å². The highest BCUT2D eigenvalue weighted by atomic mass is 32.2. The molecule has 0 heterocycles. The van der Waals surface area contributed by atoms with Gasteiger partial charge >= 0.3 is 5.97 Å². The molecule has 1 aliphatic rings. The van der Waals surface area contributed by atoms with E-state index in [1.54, 1.807) is 13.8 Å². The van der Waals surface area contributed by atoms with Crippen molar-refractivity contribution in [3.63, 3.8) is 0 Å². The minimum Gasteiger partial charge on any atom is -0.462 e. The second-order valence-corrected chi connectivity index (χ2v) is 7.12. The monoisotopic (exact) mass is 322 g/mol. The number of carbonyl (C=O) groups excluding carboxylic acids is 1. The van der Waals surface area contributed by atoms with Crippen LogP contribution in [0.3, 0.4) is 0 Å². The first-order valence-electron chi connectivity index (χ1n) is 7.05. The number of nitrogens with zero attached hydrogens (tertiary/aromatic N) is 1. The lowest BCUT2D eigenvalue weighted by molar-refractivity contribution is 0.0526. The van der Waals surface area contributed by atoms with E-state index in [4.69, 9.17) is 4.74 Å². The van der Waals surface area contributed by atoms with E-state index in [0.29, 0.717) is 0 Å². The summed E-state index contributed by atoms with van der Waals surface area (Å²) in [6.07, 6.45) is 1.68. The van der Waals surface area contributed by atoms with Gasteiger partial charge in [-0.15, -0.1) is 0 Å². The molecule has 0 spiro atoms. The third-order valence-electron chi connectivity index (χ3n) is 3.65. The summed E-state index contributed by atoms with van der Waals surface area (Å²) in [6, 6.07) is 7.51. The van der Waals surface area contributed by atoms with Gasteiger partial charge in [-0.1, -0.05) is 0 Å². The molecule has 1 saturated carbocycles. The molecule has 118 valence electrons. The lowest BCUT2D eigenvalue weighted by atomic mass is 10.0.